The molecule has 110 valence electrons. The fourth-order valence-electron chi connectivity index (χ4n) is 2.70. The van der Waals surface area contributed by atoms with Gasteiger partial charge >= 0.3 is 0 Å². The average molecular weight is 294 g/mol. The van der Waals surface area contributed by atoms with Crippen molar-refractivity contribution in [1.29, 1.82) is 0 Å². The summed E-state index contributed by atoms with van der Waals surface area (Å²) in [5.41, 5.74) is 1.80. The number of sulfonamides is 1. The van der Waals surface area contributed by atoms with Gasteiger partial charge in [0.1, 0.15) is 0 Å². The van der Waals surface area contributed by atoms with E-state index in [1.54, 1.807) is 0 Å². The Morgan fingerprint density at radius 2 is 1.95 bits per heavy atom. The molecule has 0 spiro atoms. The molecule has 1 aromatic carbocycles. The Hall–Kier alpha value is -1.23. The molecular formula is C15H22N2O2S. The lowest BCUT2D eigenvalue weighted by atomic mass is 10.2. The number of rotatable bonds is 6. The Bertz CT molecular complexity index is 561. The van der Waals surface area contributed by atoms with Crippen LogP contribution in [0.1, 0.15) is 32.1 Å². The van der Waals surface area contributed by atoms with E-state index in [0.29, 0.717) is 11.6 Å². The van der Waals surface area contributed by atoms with Crippen molar-refractivity contribution in [3.05, 3.63) is 24.3 Å². The second kappa shape index (κ2) is 5.64. The van der Waals surface area contributed by atoms with Crippen molar-refractivity contribution in [3.63, 3.8) is 0 Å². The van der Waals surface area contributed by atoms with Gasteiger partial charge in [0, 0.05) is 18.8 Å². The Balaban J connectivity index is 1.65. The molecule has 1 aliphatic carbocycles. The highest BCUT2D eigenvalue weighted by Crippen LogP contribution is 2.32. The third kappa shape index (κ3) is 3.66. The molecule has 0 atom stereocenters. The molecule has 1 N–H and O–H groups in total. The predicted octanol–water partition coefficient (Wildman–Crippen LogP) is 2.83. The minimum atomic E-state index is -3.20. The van der Waals surface area contributed by atoms with Crippen LogP contribution >= 0.6 is 0 Å². The quantitative estimate of drug-likeness (QED) is 0.877. The molecule has 1 saturated carbocycles. The van der Waals surface area contributed by atoms with E-state index in [9.17, 15) is 8.42 Å². The zero-order valence-electron chi connectivity index (χ0n) is 11.7. The highest BCUT2D eigenvalue weighted by Gasteiger charge is 2.24. The summed E-state index contributed by atoms with van der Waals surface area (Å²) in [6.07, 6.45) is 5.62. The number of nitrogens with zero attached hydrogens (tertiary/aromatic N) is 1. The van der Waals surface area contributed by atoms with Gasteiger partial charge in [-0.3, -0.25) is 4.72 Å². The van der Waals surface area contributed by atoms with Crippen LogP contribution in [0.25, 0.3) is 0 Å². The Morgan fingerprint density at radius 3 is 2.65 bits per heavy atom. The lowest BCUT2D eigenvalue weighted by molar-refractivity contribution is 0.595. The van der Waals surface area contributed by atoms with E-state index >= 15 is 0 Å². The van der Waals surface area contributed by atoms with Gasteiger partial charge in [-0.2, -0.15) is 0 Å². The van der Waals surface area contributed by atoms with Crippen LogP contribution in [0.3, 0.4) is 0 Å². The fraction of sp³-hybridized carbons (Fsp3) is 0.600. The van der Waals surface area contributed by atoms with Crippen molar-refractivity contribution in [2.45, 2.75) is 32.1 Å². The monoisotopic (exact) mass is 294 g/mol. The minimum Gasteiger partial charge on any atom is -0.371 e. The van der Waals surface area contributed by atoms with Gasteiger partial charge in [-0.15, -0.1) is 0 Å². The fourth-order valence-corrected chi connectivity index (χ4v) is 3.93. The molecule has 2 aliphatic rings. The molecule has 1 heterocycles. The number of nitrogens with one attached hydrogen (secondary N) is 1. The largest absolute Gasteiger partial charge is 0.371 e. The van der Waals surface area contributed by atoms with E-state index in [1.165, 1.54) is 25.7 Å². The summed E-state index contributed by atoms with van der Waals surface area (Å²) in [4.78, 5) is 2.31. The molecule has 1 aromatic rings. The zero-order chi connectivity index (χ0) is 14.0. The van der Waals surface area contributed by atoms with Crippen molar-refractivity contribution >= 4 is 21.4 Å². The van der Waals surface area contributed by atoms with Gasteiger partial charge in [0.05, 0.1) is 11.4 Å². The molecule has 5 heteroatoms. The Kier molecular flexibility index (Phi) is 3.87. The summed E-state index contributed by atoms with van der Waals surface area (Å²) in [6, 6.07) is 7.74. The summed E-state index contributed by atoms with van der Waals surface area (Å²) in [5.74, 6) is 0.883. The van der Waals surface area contributed by atoms with Crippen LogP contribution in [0.4, 0.5) is 11.4 Å². The minimum absolute atomic E-state index is 0.242. The molecule has 3 rings (SSSR count). The highest BCUT2D eigenvalue weighted by atomic mass is 32.2. The molecule has 1 aliphatic heterocycles. The molecule has 0 amide bonds. The highest BCUT2D eigenvalue weighted by molar-refractivity contribution is 7.92. The summed E-state index contributed by atoms with van der Waals surface area (Å²) in [7, 11) is -3.20. The lowest BCUT2D eigenvalue weighted by Crippen LogP contribution is -2.19. The van der Waals surface area contributed by atoms with Crippen molar-refractivity contribution < 1.29 is 8.42 Å². The van der Waals surface area contributed by atoms with E-state index in [1.807, 2.05) is 24.3 Å². The predicted molar refractivity (Wildman–Crippen MR) is 82.6 cm³/mol. The second-order valence-corrected chi connectivity index (χ2v) is 7.74. The van der Waals surface area contributed by atoms with Gasteiger partial charge in [0.2, 0.25) is 10.0 Å². The molecule has 0 bridgehead atoms. The number of anilines is 2. The molecular weight excluding hydrogens is 272 g/mol. The van der Waals surface area contributed by atoms with E-state index < -0.39 is 10.0 Å². The first kappa shape index (κ1) is 13.7. The first-order valence-corrected chi connectivity index (χ1v) is 9.13. The lowest BCUT2D eigenvalue weighted by Gasteiger charge is -2.18. The second-order valence-electron chi connectivity index (χ2n) is 5.90. The molecule has 0 aromatic heterocycles. The summed E-state index contributed by atoms with van der Waals surface area (Å²) < 4.78 is 26.8. The van der Waals surface area contributed by atoms with Crippen LogP contribution in [0.2, 0.25) is 0 Å². The maximum absolute atomic E-state index is 12.0. The van der Waals surface area contributed by atoms with Crippen LogP contribution in [-0.2, 0) is 10.0 Å². The standard InChI is InChI=1S/C15H22N2O2S/c18-20(19,11-8-13-6-7-13)16-14-4-3-5-15(12-14)17-9-1-2-10-17/h3-5,12-13,16H,1-2,6-11H2. The molecule has 4 nitrogen and oxygen atoms in total. The topological polar surface area (TPSA) is 49.4 Å². The third-order valence-corrected chi connectivity index (χ3v) is 5.40. The van der Waals surface area contributed by atoms with Crippen molar-refractivity contribution in [2.24, 2.45) is 5.92 Å². The maximum Gasteiger partial charge on any atom is 0.232 e. The van der Waals surface area contributed by atoms with Gasteiger partial charge in [-0.05, 0) is 43.4 Å². The molecule has 20 heavy (non-hydrogen) atoms. The summed E-state index contributed by atoms with van der Waals surface area (Å²) >= 11 is 0. The van der Waals surface area contributed by atoms with E-state index in [2.05, 4.69) is 9.62 Å². The molecule has 1 saturated heterocycles. The van der Waals surface area contributed by atoms with Gasteiger partial charge in [0.25, 0.3) is 0 Å². The summed E-state index contributed by atoms with van der Waals surface area (Å²) in [6.45, 7) is 2.13. The maximum atomic E-state index is 12.0. The van der Waals surface area contributed by atoms with Crippen molar-refractivity contribution in [3.8, 4) is 0 Å². The molecule has 2 fully saturated rings. The number of benzene rings is 1. The van der Waals surface area contributed by atoms with Gasteiger partial charge in [-0.1, -0.05) is 18.9 Å². The van der Waals surface area contributed by atoms with Crippen LogP contribution < -0.4 is 9.62 Å². The third-order valence-electron chi connectivity index (χ3n) is 4.08. The molecule has 0 unspecified atom stereocenters. The van der Waals surface area contributed by atoms with E-state index in [-0.39, 0.29) is 5.75 Å². The van der Waals surface area contributed by atoms with Crippen LogP contribution in [0.5, 0.6) is 0 Å². The molecule has 0 radical (unpaired) electrons. The average Bonchev–Trinajstić information content (AvgIpc) is 3.09. The summed E-state index contributed by atoms with van der Waals surface area (Å²) in [5, 5.41) is 0. The van der Waals surface area contributed by atoms with Gasteiger partial charge in [0.15, 0.2) is 0 Å². The van der Waals surface area contributed by atoms with Gasteiger partial charge < -0.3 is 4.90 Å². The van der Waals surface area contributed by atoms with E-state index in [4.69, 9.17) is 0 Å². The van der Waals surface area contributed by atoms with Crippen LogP contribution in [0, 0.1) is 5.92 Å². The van der Waals surface area contributed by atoms with Crippen LogP contribution in [-0.4, -0.2) is 27.3 Å². The number of hydrogen-bond acceptors (Lipinski definition) is 3. The first-order chi connectivity index (χ1) is 9.62. The first-order valence-electron chi connectivity index (χ1n) is 7.48. The van der Waals surface area contributed by atoms with Crippen molar-refractivity contribution in [1.82, 2.24) is 0 Å². The SMILES string of the molecule is O=S(=O)(CCC1CC1)Nc1cccc(N2CCCC2)c1. The van der Waals surface area contributed by atoms with Crippen LogP contribution in [0.15, 0.2) is 24.3 Å². The Morgan fingerprint density at radius 1 is 1.20 bits per heavy atom. The van der Waals surface area contributed by atoms with Crippen molar-refractivity contribution in [2.75, 3.05) is 28.5 Å². The van der Waals surface area contributed by atoms with E-state index in [0.717, 1.165) is 25.2 Å². The smallest absolute Gasteiger partial charge is 0.232 e. The normalized spacial score (nSPS) is 19.3. The zero-order valence-corrected chi connectivity index (χ0v) is 12.5. The number of hydrogen-bond donors (Lipinski definition) is 1. The van der Waals surface area contributed by atoms with Gasteiger partial charge in [-0.25, -0.2) is 8.42 Å². The Labute approximate surface area is 121 Å².